The van der Waals surface area contributed by atoms with Crippen molar-refractivity contribution in [3.05, 3.63) is 285 Å². The minimum Gasteiger partial charge on any atom is -0.311 e. The highest BCUT2D eigenvalue weighted by Gasteiger charge is 2.49. The Kier molecular flexibility index (Phi) is 10.2. The lowest BCUT2D eigenvalue weighted by atomic mass is 9.31. The normalized spacial score (nSPS) is 13.1. The Morgan fingerprint density at radius 2 is 0.670 bits per heavy atom. The molecule has 16 aromatic rings. The summed E-state index contributed by atoms with van der Waals surface area (Å²) >= 11 is 3.96. The minimum absolute atomic E-state index is 0.0521. The van der Waals surface area contributed by atoms with E-state index < -0.39 is 0 Å². The number of benzene rings is 13. The van der Waals surface area contributed by atoms with E-state index in [1.807, 2.05) is 23.5 Å². The fourth-order valence-electron chi connectivity index (χ4n) is 15.9. The van der Waals surface area contributed by atoms with Gasteiger partial charge in [0.2, 0.25) is 13.4 Å². The molecule has 5 nitrogen and oxygen atoms in total. The van der Waals surface area contributed by atoms with Crippen molar-refractivity contribution in [2.24, 2.45) is 0 Å². The average Bonchev–Trinajstić information content (AvgIpc) is 1.31. The van der Waals surface area contributed by atoms with Crippen LogP contribution in [0.5, 0.6) is 0 Å². The second-order valence-electron chi connectivity index (χ2n) is 23.9. The van der Waals surface area contributed by atoms with Crippen molar-refractivity contribution in [3.8, 4) is 17.1 Å². The summed E-state index contributed by atoms with van der Waals surface area (Å²) in [5.74, 6) is 0. The van der Waals surface area contributed by atoms with Crippen LogP contribution < -0.4 is 42.6 Å². The summed E-state index contributed by atoms with van der Waals surface area (Å²) in [5, 5.41) is 7.63. The Hall–Kier alpha value is -10.3. The highest BCUT2D eigenvalue weighted by molar-refractivity contribution is 8.01. The average molecular weight is 1150 g/mol. The van der Waals surface area contributed by atoms with E-state index in [-0.39, 0.29) is 13.4 Å². The predicted molar refractivity (Wildman–Crippen MR) is 374 cm³/mol. The zero-order valence-corrected chi connectivity index (χ0v) is 49.4. The molecule has 0 saturated heterocycles. The molecule has 4 aliphatic rings. The molecule has 0 radical (unpaired) electrons. The Balaban J connectivity index is 0.774. The molecule has 88 heavy (non-hydrogen) atoms. The predicted octanol–water partition coefficient (Wildman–Crippen LogP) is 16.8. The maximum absolute atomic E-state index is 2.71. The lowest BCUT2D eigenvalue weighted by molar-refractivity contribution is 1.12. The van der Waals surface area contributed by atoms with Crippen LogP contribution in [0.25, 0.3) is 82.5 Å². The van der Waals surface area contributed by atoms with Crippen molar-refractivity contribution >= 4 is 169 Å². The third-order valence-corrected chi connectivity index (χ3v) is 22.0. The molecule has 0 saturated carbocycles. The summed E-state index contributed by atoms with van der Waals surface area (Å²) < 4.78 is 7.56. The van der Waals surface area contributed by atoms with Gasteiger partial charge in [0.05, 0.1) is 22.1 Å². The monoisotopic (exact) mass is 1150 g/mol. The van der Waals surface area contributed by atoms with Gasteiger partial charge in [-0.1, -0.05) is 204 Å². The number of para-hydroxylation sites is 8. The van der Waals surface area contributed by atoms with Crippen molar-refractivity contribution in [1.82, 2.24) is 13.7 Å². The van der Waals surface area contributed by atoms with E-state index in [4.69, 9.17) is 0 Å². The Morgan fingerprint density at radius 1 is 0.295 bits per heavy atom. The quantitative estimate of drug-likeness (QED) is 0.141. The van der Waals surface area contributed by atoms with E-state index in [9.17, 15) is 0 Å². The molecule has 7 heterocycles. The number of rotatable bonds is 8. The van der Waals surface area contributed by atoms with Gasteiger partial charge in [-0.3, -0.25) is 0 Å². The first-order chi connectivity index (χ1) is 43.6. The van der Waals surface area contributed by atoms with Gasteiger partial charge in [-0.2, -0.15) is 0 Å². The van der Waals surface area contributed by atoms with E-state index in [1.165, 1.54) is 129 Å². The fourth-order valence-corrected chi connectivity index (χ4v) is 18.5. The molecule has 0 amide bonds. The van der Waals surface area contributed by atoms with Crippen LogP contribution in [-0.2, 0) is 0 Å². The van der Waals surface area contributed by atoms with Crippen LogP contribution in [0.3, 0.4) is 0 Å². The van der Waals surface area contributed by atoms with E-state index >= 15 is 0 Å². The Bertz CT molecular complexity index is 5340. The summed E-state index contributed by atoms with van der Waals surface area (Å²) in [7, 11) is 0. The van der Waals surface area contributed by atoms with Crippen LogP contribution >= 0.6 is 23.5 Å². The second-order valence-corrected chi connectivity index (χ2v) is 26.0. The Morgan fingerprint density at radius 3 is 1.12 bits per heavy atom. The van der Waals surface area contributed by atoms with Gasteiger partial charge in [-0.05, 0) is 144 Å². The first kappa shape index (κ1) is 48.9. The number of hydrogen-bond acceptors (Lipinski definition) is 4. The molecule has 0 unspecified atom stereocenters. The van der Waals surface area contributed by atoms with Crippen LogP contribution in [0, 0.1) is 6.92 Å². The van der Waals surface area contributed by atoms with Gasteiger partial charge in [0, 0.05) is 114 Å². The van der Waals surface area contributed by atoms with Crippen LogP contribution in [-0.4, -0.2) is 27.1 Å². The van der Waals surface area contributed by atoms with Gasteiger partial charge in [0.15, 0.2) is 0 Å². The number of aromatic nitrogens is 3. The molecule has 0 N–H and O–H groups in total. The smallest absolute Gasteiger partial charge is 0.249 e. The van der Waals surface area contributed by atoms with Gasteiger partial charge in [0.25, 0.3) is 0 Å². The molecule has 408 valence electrons. The molecule has 0 fully saturated rings. The molecule has 13 aromatic carbocycles. The molecule has 20 rings (SSSR count). The van der Waals surface area contributed by atoms with Crippen molar-refractivity contribution < 1.29 is 0 Å². The van der Waals surface area contributed by atoms with Crippen molar-refractivity contribution in [3.63, 3.8) is 0 Å². The van der Waals surface area contributed by atoms with E-state index in [0.29, 0.717) is 0 Å². The fraction of sp³-hybridized carbons (Fsp3) is 0.0127. The number of hydrogen-bond donors (Lipinski definition) is 0. The summed E-state index contributed by atoms with van der Waals surface area (Å²) in [4.78, 5) is 10.3. The molecule has 0 spiro atoms. The first-order valence-corrected chi connectivity index (χ1v) is 32.0. The molecule has 0 aliphatic carbocycles. The summed E-state index contributed by atoms with van der Waals surface area (Å²) in [6.45, 7) is 2.53. The SMILES string of the molecule is Cc1c2c3c4c5c1Sc1cc(N(c6ccccc6)c6ccc7c8ccccc8n(-c8ccccc8)c7c6)ccc1B5c1cccc5c6cccc(c6n-4c15)B3c1ccc(N(c3ccccc3)c3ccc4c5ccccc5n(-c5ccccc5)c4c3)cc1S2. The highest BCUT2D eigenvalue weighted by Crippen LogP contribution is 2.49. The molecule has 3 aromatic heterocycles. The second kappa shape index (κ2) is 18.4. The number of nitrogens with zero attached hydrogens (tertiary/aromatic N) is 5. The van der Waals surface area contributed by atoms with Crippen LogP contribution in [0.4, 0.5) is 34.1 Å². The van der Waals surface area contributed by atoms with Crippen LogP contribution in [0.1, 0.15) is 5.56 Å². The third kappa shape index (κ3) is 6.67. The molecular formula is C79H49B2N5S2. The van der Waals surface area contributed by atoms with Gasteiger partial charge in [0.1, 0.15) is 0 Å². The van der Waals surface area contributed by atoms with E-state index in [0.717, 1.165) is 45.5 Å². The minimum atomic E-state index is 0.0521. The maximum atomic E-state index is 2.71. The lowest BCUT2D eigenvalue weighted by Crippen LogP contribution is -2.66. The van der Waals surface area contributed by atoms with E-state index in [1.54, 1.807) is 0 Å². The summed E-state index contributed by atoms with van der Waals surface area (Å²) in [5.41, 5.74) is 27.6. The molecular weight excluding hydrogens is 1100 g/mol. The standard InChI is InChI=1S/C79H49B2N5S2/c1-48-78-73-77-74-79(48)88-72-47-56(83(50-22-8-3-9-23-50)54-37-41-60-58-29-15-17-35-68(58)85(70(60)45-54)52-26-12-5-13-27-52)39-43-64(72)81(74)66-33-19-31-62-61-30-18-32-65(75(61)86(77)76(62)66)80(73)63-42-38-55(46-71(63)87-78)82(49-20-6-2-7-21-49)53-36-40-59-57-28-14-16-34-67(57)84(69(59)44-53)51-24-10-4-11-25-51/h2-47H,1H3. The summed E-state index contributed by atoms with van der Waals surface area (Å²) in [6.07, 6.45) is 0. The lowest BCUT2D eigenvalue weighted by Gasteiger charge is -2.42. The molecule has 0 atom stereocenters. The van der Waals surface area contributed by atoms with Crippen LogP contribution in [0.2, 0.25) is 0 Å². The van der Waals surface area contributed by atoms with Gasteiger partial charge in [-0.15, -0.1) is 0 Å². The largest absolute Gasteiger partial charge is 0.311 e. The van der Waals surface area contributed by atoms with Crippen molar-refractivity contribution in [2.75, 3.05) is 9.80 Å². The van der Waals surface area contributed by atoms with Crippen molar-refractivity contribution in [1.29, 1.82) is 0 Å². The van der Waals surface area contributed by atoms with Crippen molar-refractivity contribution in [2.45, 2.75) is 26.5 Å². The number of fused-ring (bicyclic) bond motifs is 13. The maximum Gasteiger partial charge on any atom is 0.249 e. The molecule has 9 heteroatoms. The topological polar surface area (TPSA) is 21.3 Å². The Labute approximate surface area is 517 Å². The number of anilines is 6. The first-order valence-electron chi connectivity index (χ1n) is 30.4. The zero-order valence-electron chi connectivity index (χ0n) is 47.8. The summed E-state index contributed by atoms with van der Waals surface area (Å²) in [6, 6.07) is 104. The van der Waals surface area contributed by atoms with Gasteiger partial charge in [-0.25, -0.2) is 0 Å². The zero-order chi connectivity index (χ0) is 57.5. The highest BCUT2D eigenvalue weighted by atomic mass is 32.2. The van der Waals surface area contributed by atoms with E-state index in [2.05, 4.69) is 309 Å². The third-order valence-electron chi connectivity index (χ3n) is 19.4. The van der Waals surface area contributed by atoms with Crippen LogP contribution in [0.15, 0.2) is 299 Å². The molecule has 4 aliphatic heterocycles. The van der Waals surface area contributed by atoms with Gasteiger partial charge >= 0.3 is 0 Å². The molecule has 0 bridgehead atoms. The van der Waals surface area contributed by atoms with Gasteiger partial charge < -0.3 is 23.5 Å².